The van der Waals surface area contributed by atoms with E-state index in [1.165, 1.54) is 0 Å². The summed E-state index contributed by atoms with van der Waals surface area (Å²) in [6, 6.07) is 5.83. The van der Waals surface area contributed by atoms with Crippen molar-refractivity contribution in [1.29, 1.82) is 0 Å². The van der Waals surface area contributed by atoms with Crippen molar-refractivity contribution in [1.82, 2.24) is 4.90 Å². The molecule has 6 nitrogen and oxygen atoms in total. The highest BCUT2D eigenvalue weighted by atomic mass is 79.9. The van der Waals surface area contributed by atoms with E-state index in [-0.39, 0.29) is 13.0 Å². The van der Waals surface area contributed by atoms with Crippen LogP contribution in [-0.4, -0.2) is 42.1 Å². The Morgan fingerprint density at radius 2 is 2.00 bits per heavy atom. The highest BCUT2D eigenvalue weighted by Crippen LogP contribution is 2.32. The Hall–Kier alpha value is -1.48. The minimum atomic E-state index is -4.84. The zero-order valence-electron chi connectivity index (χ0n) is 11.3. The molecule has 2 unspecified atom stereocenters. The lowest BCUT2D eigenvalue weighted by molar-refractivity contribution is -0.139. The SMILES string of the molecule is O=C(O)CC(c1ccc(Br)cc1)N1CC(S(=O)(=O)F)CC1=O. The topological polar surface area (TPSA) is 91.8 Å². The summed E-state index contributed by atoms with van der Waals surface area (Å²) in [6.45, 7) is -0.342. The first-order valence-corrected chi connectivity index (χ1v) is 8.62. The first-order chi connectivity index (χ1) is 10.2. The molecule has 9 heteroatoms. The summed E-state index contributed by atoms with van der Waals surface area (Å²) >= 11 is 3.25. The number of nitrogens with zero attached hydrogens (tertiary/aromatic N) is 1. The van der Waals surface area contributed by atoms with Gasteiger partial charge >= 0.3 is 16.2 Å². The van der Waals surface area contributed by atoms with Gasteiger partial charge in [-0.15, -0.1) is 3.89 Å². The molecule has 1 aliphatic heterocycles. The standard InChI is InChI=1S/C13H13BrFNO5S/c14-9-3-1-8(2-4-9)11(6-13(18)19)16-7-10(5-12(16)17)22(15,20)21/h1-4,10-11H,5-7H2,(H,18,19). The molecule has 1 aromatic carbocycles. The number of amides is 1. The van der Waals surface area contributed by atoms with Crippen molar-refractivity contribution in [3.8, 4) is 0 Å². The number of aliphatic carboxylic acids is 1. The minimum Gasteiger partial charge on any atom is -0.481 e. The lowest BCUT2D eigenvalue weighted by Crippen LogP contribution is -2.33. The third-order valence-electron chi connectivity index (χ3n) is 3.52. The lowest BCUT2D eigenvalue weighted by Gasteiger charge is -2.27. The van der Waals surface area contributed by atoms with Gasteiger partial charge in [-0.3, -0.25) is 9.59 Å². The minimum absolute atomic E-state index is 0.342. The van der Waals surface area contributed by atoms with Gasteiger partial charge in [0.15, 0.2) is 0 Å². The summed E-state index contributed by atoms with van der Waals surface area (Å²) in [5.74, 6) is -1.70. The van der Waals surface area contributed by atoms with Crippen molar-refractivity contribution in [2.45, 2.75) is 24.1 Å². The van der Waals surface area contributed by atoms with Crippen LogP contribution < -0.4 is 0 Å². The molecule has 120 valence electrons. The average Bonchev–Trinajstić information content (AvgIpc) is 2.79. The smallest absolute Gasteiger partial charge is 0.307 e. The van der Waals surface area contributed by atoms with Gasteiger partial charge in [0.1, 0.15) is 5.25 Å². The monoisotopic (exact) mass is 393 g/mol. The van der Waals surface area contributed by atoms with Crippen LogP contribution >= 0.6 is 15.9 Å². The molecule has 1 amide bonds. The molecule has 1 saturated heterocycles. The van der Waals surface area contributed by atoms with E-state index in [1.54, 1.807) is 24.3 Å². The van der Waals surface area contributed by atoms with Crippen LogP contribution in [0.2, 0.25) is 0 Å². The number of halogens is 2. The van der Waals surface area contributed by atoms with Crippen LogP contribution in [0, 0.1) is 0 Å². The van der Waals surface area contributed by atoms with Crippen LogP contribution in [0.1, 0.15) is 24.4 Å². The molecule has 1 N–H and O–H groups in total. The average molecular weight is 394 g/mol. The summed E-state index contributed by atoms with van der Waals surface area (Å²) in [5, 5.41) is 7.59. The zero-order chi connectivity index (χ0) is 16.5. The van der Waals surface area contributed by atoms with Crippen molar-refractivity contribution in [3.63, 3.8) is 0 Å². The summed E-state index contributed by atoms with van der Waals surface area (Å²) in [5.41, 5.74) is 0.552. The fourth-order valence-corrected chi connectivity index (χ4v) is 3.39. The number of benzene rings is 1. The van der Waals surface area contributed by atoms with Crippen molar-refractivity contribution in [3.05, 3.63) is 34.3 Å². The first kappa shape index (κ1) is 16.9. The Labute approximate surface area is 135 Å². The number of carbonyl (C=O) groups is 2. The van der Waals surface area contributed by atoms with Gasteiger partial charge < -0.3 is 10.0 Å². The molecule has 1 aliphatic rings. The number of carboxylic acids is 1. The van der Waals surface area contributed by atoms with E-state index in [4.69, 9.17) is 5.11 Å². The second kappa shape index (κ2) is 6.33. The second-order valence-electron chi connectivity index (χ2n) is 5.01. The van der Waals surface area contributed by atoms with Crippen molar-refractivity contribution in [2.24, 2.45) is 0 Å². The quantitative estimate of drug-likeness (QED) is 0.770. The maximum absolute atomic E-state index is 13.1. The third-order valence-corrected chi connectivity index (χ3v) is 5.16. The number of carbonyl (C=O) groups excluding carboxylic acids is 1. The Morgan fingerprint density at radius 3 is 2.45 bits per heavy atom. The number of carboxylic acid groups (broad SMARTS) is 1. The van der Waals surface area contributed by atoms with Gasteiger partial charge in [0, 0.05) is 17.4 Å². The fraction of sp³-hybridized carbons (Fsp3) is 0.385. The lowest BCUT2D eigenvalue weighted by atomic mass is 10.0. The van der Waals surface area contributed by atoms with E-state index in [0.29, 0.717) is 5.56 Å². The van der Waals surface area contributed by atoms with Gasteiger partial charge in [0.25, 0.3) is 0 Å². The summed E-state index contributed by atoms with van der Waals surface area (Å²) in [6.07, 6.45) is -0.849. The van der Waals surface area contributed by atoms with E-state index in [0.717, 1.165) is 9.37 Å². The molecule has 1 fully saturated rings. The summed E-state index contributed by atoms with van der Waals surface area (Å²) in [7, 11) is -4.84. The molecule has 0 bridgehead atoms. The zero-order valence-corrected chi connectivity index (χ0v) is 13.7. The molecule has 0 aliphatic carbocycles. The van der Waals surface area contributed by atoms with Crippen LogP contribution in [0.5, 0.6) is 0 Å². The Balaban J connectivity index is 2.32. The van der Waals surface area contributed by atoms with Crippen molar-refractivity contribution < 1.29 is 27.0 Å². The molecular formula is C13H13BrFNO5S. The van der Waals surface area contributed by atoms with E-state index in [2.05, 4.69) is 15.9 Å². The summed E-state index contributed by atoms with van der Waals surface area (Å²) in [4.78, 5) is 24.2. The maximum Gasteiger partial charge on any atom is 0.307 e. The predicted molar refractivity (Wildman–Crippen MR) is 79.3 cm³/mol. The van der Waals surface area contributed by atoms with Gasteiger partial charge in [-0.25, -0.2) is 0 Å². The third kappa shape index (κ3) is 3.83. The fourth-order valence-electron chi connectivity index (χ4n) is 2.45. The Bertz CT molecular complexity index is 691. The number of likely N-dealkylation sites (tertiary alicyclic amines) is 1. The van der Waals surface area contributed by atoms with Crippen molar-refractivity contribution >= 4 is 38.0 Å². The van der Waals surface area contributed by atoms with Gasteiger partial charge in [-0.05, 0) is 17.7 Å². The highest BCUT2D eigenvalue weighted by Gasteiger charge is 2.42. The Morgan fingerprint density at radius 1 is 1.41 bits per heavy atom. The van der Waals surface area contributed by atoms with Crippen LogP contribution in [0.25, 0.3) is 0 Å². The van der Waals surface area contributed by atoms with Gasteiger partial charge in [-0.2, -0.15) is 8.42 Å². The van der Waals surface area contributed by atoms with Crippen LogP contribution in [-0.2, 0) is 19.8 Å². The summed E-state index contributed by atoms with van der Waals surface area (Å²) < 4.78 is 35.8. The molecule has 1 aromatic rings. The maximum atomic E-state index is 13.1. The molecular weight excluding hydrogens is 381 g/mol. The predicted octanol–water partition coefficient (Wildman–Crippen LogP) is 1.87. The van der Waals surface area contributed by atoms with Gasteiger partial charge in [0.05, 0.1) is 12.5 Å². The second-order valence-corrected chi connectivity index (χ2v) is 7.55. The first-order valence-electron chi connectivity index (χ1n) is 6.38. The number of hydrogen-bond donors (Lipinski definition) is 1. The molecule has 22 heavy (non-hydrogen) atoms. The van der Waals surface area contributed by atoms with Gasteiger partial charge in [0.2, 0.25) is 5.91 Å². The van der Waals surface area contributed by atoms with Crippen LogP contribution in [0.4, 0.5) is 3.89 Å². The molecule has 0 saturated carbocycles. The normalized spacial score (nSPS) is 20.2. The number of rotatable bonds is 5. The van der Waals surface area contributed by atoms with Crippen LogP contribution in [0.3, 0.4) is 0 Å². The molecule has 0 aromatic heterocycles. The molecule has 1 heterocycles. The highest BCUT2D eigenvalue weighted by molar-refractivity contribution is 9.10. The molecule has 0 radical (unpaired) electrons. The van der Waals surface area contributed by atoms with E-state index >= 15 is 0 Å². The van der Waals surface area contributed by atoms with E-state index < -0.39 is 39.8 Å². The van der Waals surface area contributed by atoms with E-state index in [9.17, 15) is 21.9 Å². The van der Waals surface area contributed by atoms with E-state index in [1.807, 2.05) is 0 Å². The van der Waals surface area contributed by atoms with Crippen LogP contribution in [0.15, 0.2) is 28.7 Å². The molecule has 2 rings (SSSR count). The Kier molecular flexibility index (Phi) is 4.86. The van der Waals surface area contributed by atoms with Crippen molar-refractivity contribution in [2.75, 3.05) is 6.54 Å². The van der Waals surface area contributed by atoms with Gasteiger partial charge in [-0.1, -0.05) is 28.1 Å². The number of hydrogen-bond acceptors (Lipinski definition) is 4. The molecule has 2 atom stereocenters. The largest absolute Gasteiger partial charge is 0.481 e. The molecule has 0 spiro atoms.